The first-order valence-corrected chi connectivity index (χ1v) is 6.83. The Morgan fingerprint density at radius 3 is 3.06 bits per heavy atom. The van der Waals surface area contributed by atoms with Crippen molar-refractivity contribution in [2.75, 3.05) is 19.6 Å². The lowest BCUT2D eigenvalue weighted by atomic mass is 10.0. The fourth-order valence-electron chi connectivity index (χ4n) is 3.08. The van der Waals surface area contributed by atoms with Gasteiger partial charge in [0.15, 0.2) is 0 Å². The standard InChI is InChI=1S/C13H20N4O/c18-13-4-2-8-17(13)11-3-1-7-16(9-11)10-12-14-5-6-15-12/h5-6,11H,1-4,7-10H2,(H,14,15)/t11-/m0/s1. The number of carbonyl (C=O) groups is 1. The summed E-state index contributed by atoms with van der Waals surface area (Å²) in [5, 5.41) is 0. The minimum Gasteiger partial charge on any atom is -0.348 e. The van der Waals surface area contributed by atoms with Crippen molar-refractivity contribution in [3.8, 4) is 0 Å². The average Bonchev–Trinajstić information content (AvgIpc) is 3.01. The van der Waals surface area contributed by atoms with Crippen LogP contribution in [-0.2, 0) is 11.3 Å². The molecule has 2 aliphatic rings. The van der Waals surface area contributed by atoms with Crippen molar-refractivity contribution >= 4 is 5.91 Å². The summed E-state index contributed by atoms with van der Waals surface area (Å²) in [4.78, 5) is 23.7. The lowest BCUT2D eigenvalue weighted by Gasteiger charge is -2.37. The third-order valence-corrected chi connectivity index (χ3v) is 3.96. The summed E-state index contributed by atoms with van der Waals surface area (Å²) in [5.74, 6) is 1.36. The van der Waals surface area contributed by atoms with Crippen molar-refractivity contribution in [1.29, 1.82) is 0 Å². The van der Waals surface area contributed by atoms with Gasteiger partial charge in [-0.2, -0.15) is 0 Å². The number of nitrogens with one attached hydrogen (secondary N) is 1. The van der Waals surface area contributed by atoms with Gasteiger partial charge >= 0.3 is 0 Å². The van der Waals surface area contributed by atoms with Gasteiger partial charge in [-0.1, -0.05) is 0 Å². The van der Waals surface area contributed by atoms with Crippen molar-refractivity contribution in [3.63, 3.8) is 0 Å². The molecule has 1 N–H and O–H groups in total. The number of H-pyrrole nitrogens is 1. The molecule has 0 bridgehead atoms. The number of aromatic nitrogens is 2. The van der Waals surface area contributed by atoms with E-state index in [1.54, 1.807) is 6.20 Å². The van der Waals surface area contributed by atoms with Gasteiger partial charge in [-0.05, 0) is 25.8 Å². The molecule has 0 spiro atoms. The highest BCUT2D eigenvalue weighted by Crippen LogP contribution is 2.22. The monoisotopic (exact) mass is 248 g/mol. The summed E-state index contributed by atoms with van der Waals surface area (Å²) in [5.41, 5.74) is 0. The highest BCUT2D eigenvalue weighted by atomic mass is 16.2. The number of aromatic amines is 1. The molecule has 98 valence electrons. The van der Waals surface area contributed by atoms with Gasteiger partial charge in [0.1, 0.15) is 5.82 Å². The average molecular weight is 248 g/mol. The third kappa shape index (κ3) is 2.41. The van der Waals surface area contributed by atoms with Gasteiger partial charge in [-0.25, -0.2) is 4.98 Å². The molecular formula is C13H20N4O. The van der Waals surface area contributed by atoms with E-state index in [-0.39, 0.29) is 0 Å². The number of imidazole rings is 1. The van der Waals surface area contributed by atoms with Crippen LogP contribution in [0.4, 0.5) is 0 Å². The molecule has 0 aliphatic carbocycles. The van der Waals surface area contributed by atoms with Crippen molar-refractivity contribution < 1.29 is 4.79 Å². The molecule has 3 rings (SSSR count). The van der Waals surface area contributed by atoms with Crippen molar-refractivity contribution in [2.24, 2.45) is 0 Å². The van der Waals surface area contributed by atoms with Crippen LogP contribution in [-0.4, -0.2) is 51.4 Å². The maximum absolute atomic E-state index is 11.8. The van der Waals surface area contributed by atoms with Crippen LogP contribution in [0.2, 0.25) is 0 Å². The molecule has 0 unspecified atom stereocenters. The Balaban J connectivity index is 1.59. The van der Waals surface area contributed by atoms with Crippen LogP contribution in [0.3, 0.4) is 0 Å². The van der Waals surface area contributed by atoms with Gasteiger partial charge in [0.2, 0.25) is 5.91 Å². The maximum Gasteiger partial charge on any atom is 0.222 e. The normalized spacial score (nSPS) is 25.9. The van der Waals surface area contributed by atoms with Gasteiger partial charge in [0.25, 0.3) is 0 Å². The van der Waals surface area contributed by atoms with Crippen LogP contribution >= 0.6 is 0 Å². The predicted octanol–water partition coefficient (Wildman–Crippen LogP) is 0.996. The van der Waals surface area contributed by atoms with E-state index in [2.05, 4.69) is 19.8 Å². The molecule has 2 saturated heterocycles. The van der Waals surface area contributed by atoms with E-state index in [0.717, 1.165) is 51.3 Å². The van der Waals surface area contributed by atoms with E-state index in [4.69, 9.17) is 0 Å². The number of hydrogen-bond donors (Lipinski definition) is 1. The number of likely N-dealkylation sites (tertiary alicyclic amines) is 2. The SMILES string of the molecule is O=C1CCCN1[C@H]1CCCN(Cc2ncc[nH]2)C1. The second kappa shape index (κ2) is 5.10. The van der Waals surface area contributed by atoms with Gasteiger partial charge in [-0.3, -0.25) is 9.69 Å². The topological polar surface area (TPSA) is 52.2 Å². The molecular weight excluding hydrogens is 228 g/mol. The van der Waals surface area contributed by atoms with Crippen LogP contribution in [0.15, 0.2) is 12.4 Å². The number of amides is 1. The Kier molecular flexibility index (Phi) is 3.32. The molecule has 18 heavy (non-hydrogen) atoms. The molecule has 1 atom stereocenters. The Hall–Kier alpha value is -1.36. The molecule has 1 aromatic rings. The molecule has 0 aromatic carbocycles. The van der Waals surface area contributed by atoms with Gasteiger partial charge < -0.3 is 9.88 Å². The molecule has 0 saturated carbocycles. The maximum atomic E-state index is 11.8. The summed E-state index contributed by atoms with van der Waals surface area (Å²) in [6.07, 6.45) is 7.76. The molecule has 2 fully saturated rings. The first-order valence-electron chi connectivity index (χ1n) is 6.83. The first-order chi connectivity index (χ1) is 8.83. The van der Waals surface area contributed by atoms with Gasteiger partial charge in [0.05, 0.1) is 6.54 Å². The lowest BCUT2D eigenvalue weighted by Crippen LogP contribution is -2.48. The summed E-state index contributed by atoms with van der Waals surface area (Å²) in [6, 6.07) is 0.420. The third-order valence-electron chi connectivity index (χ3n) is 3.96. The number of rotatable bonds is 3. The zero-order valence-corrected chi connectivity index (χ0v) is 10.6. The minimum atomic E-state index is 0.347. The minimum absolute atomic E-state index is 0.347. The quantitative estimate of drug-likeness (QED) is 0.868. The molecule has 0 radical (unpaired) electrons. The zero-order chi connectivity index (χ0) is 12.4. The smallest absolute Gasteiger partial charge is 0.222 e. The van der Waals surface area contributed by atoms with E-state index >= 15 is 0 Å². The van der Waals surface area contributed by atoms with Crippen molar-refractivity contribution in [2.45, 2.75) is 38.3 Å². The molecule has 2 aliphatic heterocycles. The van der Waals surface area contributed by atoms with Crippen LogP contribution in [0, 0.1) is 0 Å². The Bertz CT molecular complexity index is 403. The second-order valence-electron chi connectivity index (χ2n) is 5.26. The Morgan fingerprint density at radius 2 is 2.33 bits per heavy atom. The fraction of sp³-hybridized carbons (Fsp3) is 0.692. The summed E-state index contributed by atoms with van der Waals surface area (Å²) in [6.45, 7) is 3.93. The van der Waals surface area contributed by atoms with Crippen LogP contribution in [0.25, 0.3) is 0 Å². The first kappa shape index (κ1) is 11.7. The molecule has 1 amide bonds. The predicted molar refractivity (Wildman–Crippen MR) is 67.8 cm³/mol. The Morgan fingerprint density at radius 1 is 1.39 bits per heavy atom. The van der Waals surface area contributed by atoms with E-state index in [1.165, 1.54) is 6.42 Å². The number of nitrogens with zero attached hydrogens (tertiary/aromatic N) is 3. The van der Waals surface area contributed by atoms with E-state index in [0.29, 0.717) is 11.9 Å². The van der Waals surface area contributed by atoms with Crippen molar-refractivity contribution in [3.05, 3.63) is 18.2 Å². The fourth-order valence-corrected chi connectivity index (χ4v) is 3.08. The van der Waals surface area contributed by atoms with Gasteiger partial charge in [-0.15, -0.1) is 0 Å². The van der Waals surface area contributed by atoms with Crippen LogP contribution in [0.1, 0.15) is 31.5 Å². The zero-order valence-electron chi connectivity index (χ0n) is 10.6. The molecule has 5 nitrogen and oxygen atoms in total. The Labute approximate surface area is 107 Å². The number of hydrogen-bond acceptors (Lipinski definition) is 3. The van der Waals surface area contributed by atoms with Crippen LogP contribution < -0.4 is 0 Å². The lowest BCUT2D eigenvalue weighted by molar-refractivity contribution is -0.130. The molecule has 1 aromatic heterocycles. The number of piperidine rings is 1. The highest BCUT2D eigenvalue weighted by Gasteiger charge is 2.31. The largest absolute Gasteiger partial charge is 0.348 e. The van der Waals surface area contributed by atoms with Crippen LogP contribution in [0.5, 0.6) is 0 Å². The van der Waals surface area contributed by atoms with Crippen molar-refractivity contribution in [1.82, 2.24) is 19.8 Å². The number of carbonyl (C=O) groups excluding carboxylic acids is 1. The summed E-state index contributed by atoms with van der Waals surface area (Å²) in [7, 11) is 0. The second-order valence-corrected chi connectivity index (χ2v) is 5.26. The molecule has 3 heterocycles. The van der Waals surface area contributed by atoms with E-state index in [9.17, 15) is 4.79 Å². The highest BCUT2D eigenvalue weighted by molar-refractivity contribution is 5.78. The van der Waals surface area contributed by atoms with Gasteiger partial charge in [0, 0.05) is 37.9 Å². The van der Waals surface area contributed by atoms with E-state index < -0.39 is 0 Å². The summed E-state index contributed by atoms with van der Waals surface area (Å²) >= 11 is 0. The molecule has 5 heteroatoms. The van der Waals surface area contributed by atoms with E-state index in [1.807, 2.05) is 6.20 Å². The summed E-state index contributed by atoms with van der Waals surface area (Å²) < 4.78 is 0.